The lowest BCUT2D eigenvalue weighted by Crippen LogP contribution is -2.51. The summed E-state index contributed by atoms with van der Waals surface area (Å²) < 4.78 is 0. The van der Waals surface area contributed by atoms with Gasteiger partial charge in [0.1, 0.15) is 0 Å². The van der Waals surface area contributed by atoms with Gasteiger partial charge in [-0.25, -0.2) is 0 Å². The Hall–Kier alpha value is -3.36. The van der Waals surface area contributed by atoms with Crippen LogP contribution in [0.15, 0.2) is 54.6 Å². The number of benzene rings is 2. The summed E-state index contributed by atoms with van der Waals surface area (Å²) in [4.78, 5) is 18.8. The highest BCUT2D eigenvalue weighted by Gasteiger charge is 2.33. The first-order chi connectivity index (χ1) is 16.6. The molecule has 5 nitrogen and oxygen atoms in total. The van der Waals surface area contributed by atoms with Gasteiger partial charge in [-0.2, -0.15) is 5.26 Å². The Morgan fingerprint density at radius 2 is 1.97 bits per heavy atom. The monoisotopic (exact) mass is 452 g/mol. The maximum absolute atomic E-state index is 12.9. The fraction of sp³-hybridized carbons (Fsp3) is 0.379. The third-order valence-corrected chi connectivity index (χ3v) is 7.50. The minimum Gasteiger partial charge on any atom is -0.355 e. The molecule has 3 aromatic rings. The number of carbonyl (C=O) groups excluding carboxylic acids is 1. The lowest BCUT2D eigenvalue weighted by Gasteiger charge is -2.40. The number of nitriles is 1. The van der Waals surface area contributed by atoms with Gasteiger partial charge >= 0.3 is 0 Å². The third-order valence-electron chi connectivity index (χ3n) is 7.50. The van der Waals surface area contributed by atoms with Crippen LogP contribution in [0.3, 0.4) is 0 Å². The Balaban J connectivity index is 1.22. The Bertz CT molecular complexity index is 1210. The SMILES string of the molecule is N#Cc1ccc2c(c1)CCN(CCC1(NC(=O)/C=C/c3cc4ccccc4[nH]3)CCCCC1)C2. The van der Waals surface area contributed by atoms with Crippen LogP contribution in [0.2, 0.25) is 0 Å². The van der Waals surface area contributed by atoms with Crippen molar-refractivity contribution in [2.45, 2.75) is 57.0 Å². The fourth-order valence-corrected chi connectivity index (χ4v) is 5.56. The molecule has 0 spiro atoms. The fourth-order valence-electron chi connectivity index (χ4n) is 5.56. The highest BCUT2D eigenvalue weighted by atomic mass is 16.1. The lowest BCUT2D eigenvalue weighted by atomic mass is 9.79. The highest BCUT2D eigenvalue weighted by Crippen LogP contribution is 2.32. The summed E-state index contributed by atoms with van der Waals surface area (Å²) in [5.74, 6) is -0.00595. The number of hydrogen-bond donors (Lipinski definition) is 2. The molecule has 1 aliphatic carbocycles. The average molecular weight is 453 g/mol. The number of rotatable bonds is 6. The first-order valence-corrected chi connectivity index (χ1v) is 12.4. The van der Waals surface area contributed by atoms with Crippen molar-refractivity contribution in [1.82, 2.24) is 15.2 Å². The first-order valence-electron chi connectivity index (χ1n) is 12.4. The second-order valence-electron chi connectivity index (χ2n) is 9.85. The van der Waals surface area contributed by atoms with E-state index in [-0.39, 0.29) is 11.4 Å². The number of nitrogens with one attached hydrogen (secondary N) is 2. The van der Waals surface area contributed by atoms with Crippen LogP contribution >= 0.6 is 0 Å². The molecule has 2 aliphatic rings. The van der Waals surface area contributed by atoms with E-state index >= 15 is 0 Å². The van der Waals surface area contributed by atoms with Crippen LogP contribution in [-0.4, -0.2) is 34.4 Å². The van der Waals surface area contributed by atoms with Crippen LogP contribution in [0.25, 0.3) is 17.0 Å². The molecule has 1 aliphatic heterocycles. The maximum Gasteiger partial charge on any atom is 0.244 e. The van der Waals surface area contributed by atoms with Gasteiger partial charge in [0.05, 0.1) is 11.6 Å². The molecule has 5 heteroatoms. The van der Waals surface area contributed by atoms with Crippen molar-refractivity contribution in [2.24, 2.45) is 0 Å². The van der Waals surface area contributed by atoms with Crippen LogP contribution in [0.1, 0.15) is 60.9 Å². The second-order valence-corrected chi connectivity index (χ2v) is 9.85. The van der Waals surface area contributed by atoms with Gasteiger partial charge < -0.3 is 10.3 Å². The van der Waals surface area contributed by atoms with Gasteiger partial charge in [0.2, 0.25) is 5.91 Å². The topological polar surface area (TPSA) is 71.9 Å². The minimum absolute atomic E-state index is 0.00595. The van der Waals surface area contributed by atoms with Gasteiger partial charge in [0, 0.05) is 42.5 Å². The number of nitrogens with zero attached hydrogens (tertiary/aromatic N) is 2. The second kappa shape index (κ2) is 9.87. The molecule has 1 fully saturated rings. The van der Waals surface area contributed by atoms with E-state index in [0.29, 0.717) is 0 Å². The zero-order chi connectivity index (χ0) is 23.4. The van der Waals surface area contributed by atoms with Gasteiger partial charge in [0.15, 0.2) is 0 Å². The van der Waals surface area contributed by atoms with Gasteiger partial charge in [-0.3, -0.25) is 9.69 Å². The van der Waals surface area contributed by atoms with Crippen molar-refractivity contribution >= 4 is 22.9 Å². The standard InChI is InChI=1S/C29H32N4O/c30-20-22-8-9-25-21-33(16-12-23(25)18-22)17-15-29(13-4-1-5-14-29)32-28(34)11-10-26-19-24-6-2-3-7-27(24)31-26/h2-3,6-11,18-19,31H,1,4-5,12-17,21H2,(H,32,34)/b11-10+. The molecule has 0 atom stereocenters. The summed E-state index contributed by atoms with van der Waals surface area (Å²) in [5, 5.41) is 13.7. The van der Waals surface area contributed by atoms with E-state index in [9.17, 15) is 4.79 Å². The molecule has 1 aromatic heterocycles. The molecule has 0 saturated heterocycles. The Morgan fingerprint density at radius 3 is 2.79 bits per heavy atom. The zero-order valence-electron chi connectivity index (χ0n) is 19.6. The van der Waals surface area contributed by atoms with E-state index < -0.39 is 0 Å². The number of fused-ring (bicyclic) bond motifs is 2. The number of carbonyl (C=O) groups is 1. The van der Waals surface area contributed by atoms with E-state index in [4.69, 9.17) is 5.26 Å². The Kier molecular flexibility index (Phi) is 6.51. The average Bonchev–Trinajstić information content (AvgIpc) is 3.29. The van der Waals surface area contributed by atoms with E-state index in [1.807, 2.05) is 36.4 Å². The van der Waals surface area contributed by atoms with Crippen LogP contribution < -0.4 is 5.32 Å². The van der Waals surface area contributed by atoms with Crippen molar-refractivity contribution in [1.29, 1.82) is 5.26 Å². The number of hydrogen-bond acceptors (Lipinski definition) is 3. The molecular formula is C29H32N4O. The quantitative estimate of drug-likeness (QED) is 0.497. The molecule has 5 rings (SSSR count). The smallest absolute Gasteiger partial charge is 0.244 e. The van der Waals surface area contributed by atoms with Crippen molar-refractivity contribution < 1.29 is 4.79 Å². The van der Waals surface area contributed by atoms with Crippen molar-refractivity contribution in [2.75, 3.05) is 13.1 Å². The first kappa shape index (κ1) is 22.4. The molecule has 0 radical (unpaired) electrons. The molecule has 1 saturated carbocycles. The van der Waals surface area contributed by atoms with Crippen molar-refractivity contribution in [3.63, 3.8) is 0 Å². The largest absolute Gasteiger partial charge is 0.355 e. The van der Waals surface area contributed by atoms with Crippen molar-refractivity contribution in [3.8, 4) is 6.07 Å². The third kappa shape index (κ3) is 5.08. The molecule has 2 N–H and O–H groups in total. The van der Waals surface area contributed by atoms with Crippen LogP contribution in [0.5, 0.6) is 0 Å². The molecule has 2 heterocycles. The molecule has 34 heavy (non-hydrogen) atoms. The maximum atomic E-state index is 12.9. The van der Waals surface area contributed by atoms with Gasteiger partial charge in [-0.05, 0) is 72.5 Å². The predicted molar refractivity (Wildman–Crippen MR) is 136 cm³/mol. The number of aromatic amines is 1. The zero-order valence-corrected chi connectivity index (χ0v) is 19.6. The van der Waals surface area contributed by atoms with Crippen LogP contribution in [0.4, 0.5) is 0 Å². The molecule has 1 amide bonds. The molecule has 174 valence electrons. The van der Waals surface area contributed by atoms with E-state index in [1.165, 1.54) is 30.4 Å². The molecule has 0 bridgehead atoms. The summed E-state index contributed by atoms with van der Waals surface area (Å²) >= 11 is 0. The van der Waals surface area contributed by atoms with Gasteiger partial charge in [0.25, 0.3) is 0 Å². The van der Waals surface area contributed by atoms with Crippen molar-refractivity contribution in [3.05, 3.63) is 77.0 Å². The van der Waals surface area contributed by atoms with Gasteiger partial charge in [-0.15, -0.1) is 0 Å². The molecule has 0 unspecified atom stereocenters. The van der Waals surface area contributed by atoms with Gasteiger partial charge in [-0.1, -0.05) is 43.5 Å². The van der Waals surface area contributed by atoms with E-state index in [0.717, 1.165) is 67.5 Å². The summed E-state index contributed by atoms with van der Waals surface area (Å²) in [5.41, 5.74) is 5.28. The number of H-pyrrole nitrogens is 1. The summed E-state index contributed by atoms with van der Waals surface area (Å²) in [6, 6.07) is 18.5. The highest BCUT2D eigenvalue weighted by molar-refractivity contribution is 5.93. The molecular weight excluding hydrogens is 420 g/mol. The Morgan fingerprint density at radius 1 is 1.12 bits per heavy atom. The molecule has 2 aromatic carbocycles. The number of amides is 1. The van der Waals surface area contributed by atoms with E-state index in [1.54, 1.807) is 6.08 Å². The van der Waals surface area contributed by atoms with E-state index in [2.05, 4.69) is 39.5 Å². The summed E-state index contributed by atoms with van der Waals surface area (Å²) in [6.45, 7) is 2.91. The summed E-state index contributed by atoms with van der Waals surface area (Å²) in [7, 11) is 0. The number of para-hydroxylation sites is 1. The minimum atomic E-state index is -0.120. The summed E-state index contributed by atoms with van der Waals surface area (Å²) in [6.07, 6.45) is 11.2. The van der Waals surface area contributed by atoms with Crippen LogP contribution in [-0.2, 0) is 17.8 Å². The van der Waals surface area contributed by atoms with Crippen LogP contribution in [0, 0.1) is 11.3 Å². The predicted octanol–water partition coefficient (Wildman–Crippen LogP) is 5.32. The normalized spacial score (nSPS) is 18.0. The lowest BCUT2D eigenvalue weighted by molar-refractivity contribution is -0.118. The number of aromatic nitrogens is 1. The Labute approximate surface area is 201 Å².